The Bertz CT molecular complexity index is 1600. The van der Waals surface area contributed by atoms with Crippen molar-refractivity contribution in [2.75, 3.05) is 24.5 Å². The highest BCUT2D eigenvalue weighted by atomic mass is 35.5. The van der Waals surface area contributed by atoms with Crippen LogP contribution in [0.5, 0.6) is 0 Å². The second-order valence-electron chi connectivity index (χ2n) is 8.90. The number of carbonyl (C=O) groups excluding carboxylic acids is 1. The monoisotopic (exact) mass is 596 g/mol. The number of carbonyl (C=O) groups is 1. The molecule has 4 aromatic rings. The number of piperazine rings is 1. The van der Waals surface area contributed by atoms with E-state index in [1.54, 1.807) is 29.2 Å². The molecule has 2 aromatic carbocycles. The largest absolute Gasteiger partial charge is 0.416 e. The van der Waals surface area contributed by atoms with Gasteiger partial charge in [0.05, 0.1) is 23.8 Å². The normalized spacial score (nSPS) is 14.8. The molecule has 1 fully saturated rings. The molecule has 210 valence electrons. The van der Waals surface area contributed by atoms with E-state index in [2.05, 4.69) is 20.5 Å². The maximum absolute atomic E-state index is 13.3. The van der Waals surface area contributed by atoms with Gasteiger partial charge in [-0.25, -0.2) is 9.48 Å². The van der Waals surface area contributed by atoms with E-state index in [4.69, 9.17) is 23.2 Å². The highest BCUT2D eigenvalue weighted by molar-refractivity contribution is 6.32. The molecule has 0 saturated carbocycles. The van der Waals surface area contributed by atoms with Crippen LogP contribution in [0.1, 0.15) is 5.82 Å². The Hall–Kier alpha value is -3.88. The number of halogens is 5. The van der Waals surface area contributed by atoms with Gasteiger partial charge < -0.3 is 15.3 Å². The summed E-state index contributed by atoms with van der Waals surface area (Å²) in [5.74, 6) is 0.0539. The van der Waals surface area contributed by atoms with Crippen LogP contribution in [0.4, 0.5) is 19.1 Å². The summed E-state index contributed by atoms with van der Waals surface area (Å²) < 4.78 is 42.6. The fourth-order valence-corrected chi connectivity index (χ4v) is 4.48. The van der Waals surface area contributed by atoms with Crippen LogP contribution in [-0.4, -0.2) is 72.0 Å². The van der Waals surface area contributed by atoms with E-state index in [1.807, 2.05) is 0 Å². The lowest BCUT2D eigenvalue weighted by atomic mass is 10.2. The third-order valence-electron chi connectivity index (χ3n) is 6.09. The Kier molecular flexibility index (Phi) is 7.57. The molecule has 40 heavy (non-hydrogen) atoms. The molecule has 16 heteroatoms. The van der Waals surface area contributed by atoms with Gasteiger partial charge in [0.15, 0.2) is 17.8 Å². The predicted octanol–water partition coefficient (Wildman–Crippen LogP) is 2.51. The summed E-state index contributed by atoms with van der Waals surface area (Å²) in [5, 5.41) is 21.9. The molecule has 1 aliphatic rings. The molecule has 0 unspecified atom stereocenters. The van der Waals surface area contributed by atoms with Crippen LogP contribution < -0.4 is 15.9 Å². The minimum Gasteiger partial charge on any atom is -0.382 e. The number of nitrogens with one attached hydrogen (secondary N) is 1. The summed E-state index contributed by atoms with van der Waals surface area (Å²) in [7, 11) is 0. The third kappa shape index (κ3) is 5.69. The summed E-state index contributed by atoms with van der Waals surface area (Å²) in [6.07, 6.45) is -7.76. The number of benzene rings is 2. The van der Waals surface area contributed by atoms with Gasteiger partial charge in [-0.15, -0.1) is 10.2 Å². The predicted molar refractivity (Wildman–Crippen MR) is 140 cm³/mol. The number of aromatic nitrogens is 6. The molecule has 1 aliphatic heterocycles. The zero-order valence-corrected chi connectivity index (χ0v) is 22.0. The average molecular weight is 597 g/mol. The Morgan fingerprint density at radius 3 is 2.45 bits per heavy atom. The van der Waals surface area contributed by atoms with Crippen molar-refractivity contribution in [3.63, 3.8) is 0 Å². The first kappa shape index (κ1) is 27.7. The number of aliphatic hydroxyl groups is 1. The van der Waals surface area contributed by atoms with Crippen LogP contribution in [0, 0.1) is 0 Å². The van der Waals surface area contributed by atoms with Crippen molar-refractivity contribution in [1.82, 2.24) is 34.4 Å². The molecule has 1 amide bonds. The number of hydrogen-bond acceptors (Lipinski definition) is 7. The van der Waals surface area contributed by atoms with E-state index < -0.39 is 24.5 Å². The Morgan fingerprint density at radius 2 is 1.77 bits per heavy atom. The number of nitrogens with zero attached hydrogens (tertiary/aromatic N) is 7. The second-order valence-corrected chi connectivity index (χ2v) is 9.75. The van der Waals surface area contributed by atoms with E-state index >= 15 is 0 Å². The standard InChI is InChI=1S/C24H21Cl2F3N8O3/c25-15-7-5-14(6-8-15)21-33-36(23(40)35(21)11-18(38)24(27,28)29)12-19-31-22(34-10-9-30-20(39)13-34)37(32-19)17-4-2-1-3-16(17)26/h1-8,18,38H,9-13H2,(H,30,39)/t18-/m0/s1. The average Bonchev–Trinajstić information content (AvgIpc) is 3.46. The quantitative estimate of drug-likeness (QED) is 0.336. The number of aliphatic hydroxyl groups excluding tert-OH is 1. The lowest BCUT2D eigenvalue weighted by Gasteiger charge is -2.27. The van der Waals surface area contributed by atoms with E-state index in [1.165, 1.54) is 28.9 Å². The lowest BCUT2D eigenvalue weighted by molar-refractivity contribution is -0.207. The molecular weight excluding hydrogens is 576 g/mol. The van der Waals surface area contributed by atoms with E-state index in [0.717, 1.165) is 9.25 Å². The first-order valence-electron chi connectivity index (χ1n) is 11.9. The highest BCUT2D eigenvalue weighted by Crippen LogP contribution is 2.26. The van der Waals surface area contributed by atoms with Crippen molar-refractivity contribution in [2.24, 2.45) is 0 Å². The van der Waals surface area contributed by atoms with Gasteiger partial charge in [-0.3, -0.25) is 9.36 Å². The number of rotatable bonds is 7. The van der Waals surface area contributed by atoms with Crippen molar-refractivity contribution < 1.29 is 23.1 Å². The fourth-order valence-electron chi connectivity index (χ4n) is 4.14. The second kappa shape index (κ2) is 10.9. The molecule has 1 atom stereocenters. The van der Waals surface area contributed by atoms with Gasteiger partial charge in [0, 0.05) is 23.7 Å². The lowest BCUT2D eigenvalue weighted by Crippen LogP contribution is -2.48. The molecule has 0 radical (unpaired) electrons. The molecule has 2 aromatic heterocycles. The van der Waals surface area contributed by atoms with Crippen LogP contribution in [0.2, 0.25) is 10.0 Å². The van der Waals surface area contributed by atoms with E-state index in [0.29, 0.717) is 34.4 Å². The summed E-state index contributed by atoms with van der Waals surface area (Å²) >= 11 is 12.3. The van der Waals surface area contributed by atoms with Gasteiger partial charge in [-0.05, 0) is 36.4 Å². The molecule has 0 bridgehead atoms. The van der Waals surface area contributed by atoms with Crippen molar-refractivity contribution in [3.8, 4) is 17.1 Å². The zero-order valence-electron chi connectivity index (χ0n) is 20.5. The fraction of sp³-hybridized carbons (Fsp3) is 0.292. The first-order chi connectivity index (χ1) is 19.0. The minimum absolute atomic E-state index is 0.00715. The van der Waals surface area contributed by atoms with Crippen LogP contribution in [0.25, 0.3) is 17.1 Å². The molecular formula is C24H21Cl2F3N8O3. The van der Waals surface area contributed by atoms with Gasteiger partial charge in [-0.1, -0.05) is 35.3 Å². The summed E-state index contributed by atoms with van der Waals surface area (Å²) in [5.41, 5.74) is -0.137. The van der Waals surface area contributed by atoms with Crippen LogP contribution in [-0.2, 0) is 17.9 Å². The number of hydrogen-bond donors (Lipinski definition) is 2. The maximum Gasteiger partial charge on any atom is 0.416 e. The number of para-hydroxylation sites is 1. The van der Waals surface area contributed by atoms with Gasteiger partial charge in [0.2, 0.25) is 11.9 Å². The highest BCUT2D eigenvalue weighted by Gasteiger charge is 2.39. The van der Waals surface area contributed by atoms with Gasteiger partial charge in [0.25, 0.3) is 0 Å². The third-order valence-corrected chi connectivity index (χ3v) is 6.66. The minimum atomic E-state index is -4.95. The van der Waals surface area contributed by atoms with Gasteiger partial charge in [-0.2, -0.15) is 22.8 Å². The van der Waals surface area contributed by atoms with Crippen LogP contribution in [0.15, 0.2) is 53.3 Å². The van der Waals surface area contributed by atoms with Crippen molar-refractivity contribution in [3.05, 3.63) is 74.9 Å². The number of amides is 1. The molecule has 0 aliphatic carbocycles. The van der Waals surface area contributed by atoms with E-state index in [9.17, 15) is 27.9 Å². The van der Waals surface area contributed by atoms with Gasteiger partial charge >= 0.3 is 11.9 Å². The number of alkyl halides is 3. The summed E-state index contributed by atoms with van der Waals surface area (Å²) in [4.78, 5) is 31.5. The first-order valence-corrected chi connectivity index (χ1v) is 12.7. The Labute approximate surface area is 234 Å². The SMILES string of the molecule is O=C1CN(c2nc(Cn3nc(-c4ccc(Cl)cc4)n(C[C@H](O)C(F)(F)F)c3=O)nn2-c2ccccc2Cl)CCN1. The molecule has 11 nitrogen and oxygen atoms in total. The Balaban J connectivity index is 1.57. The molecule has 3 heterocycles. The molecule has 5 rings (SSSR count). The van der Waals surface area contributed by atoms with Crippen molar-refractivity contribution in [1.29, 1.82) is 0 Å². The van der Waals surface area contributed by atoms with Crippen molar-refractivity contribution in [2.45, 2.75) is 25.4 Å². The molecule has 1 saturated heterocycles. The topological polar surface area (TPSA) is 123 Å². The van der Waals surface area contributed by atoms with Gasteiger partial charge in [0.1, 0.15) is 6.54 Å². The van der Waals surface area contributed by atoms with Crippen molar-refractivity contribution >= 4 is 35.1 Å². The number of anilines is 1. The zero-order chi connectivity index (χ0) is 28.6. The molecule has 2 N–H and O–H groups in total. The maximum atomic E-state index is 13.3. The van der Waals surface area contributed by atoms with E-state index in [-0.39, 0.29) is 36.6 Å². The smallest absolute Gasteiger partial charge is 0.382 e. The molecule has 0 spiro atoms. The van der Waals surface area contributed by atoms with Crippen LogP contribution >= 0.6 is 23.2 Å². The summed E-state index contributed by atoms with van der Waals surface area (Å²) in [6.45, 7) is -0.583. The Morgan fingerprint density at radius 1 is 1.05 bits per heavy atom. The van der Waals surface area contributed by atoms with Crippen LogP contribution in [0.3, 0.4) is 0 Å². The summed E-state index contributed by atoms with van der Waals surface area (Å²) in [6, 6.07) is 12.8.